The summed E-state index contributed by atoms with van der Waals surface area (Å²) in [5.41, 5.74) is 3.35. The van der Waals surface area contributed by atoms with Crippen LogP contribution in [0.4, 0.5) is 0 Å². The molecule has 0 atom stereocenters. The Morgan fingerprint density at radius 1 is 1.31 bits per heavy atom. The minimum atomic E-state index is 0.470. The molecule has 1 N–H and O–H groups in total. The van der Waals surface area contributed by atoms with Gasteiger partial charge in [-0.25, -0.2) is 0 Å². The molecule has 1 aliphatic heterocycles. The molecule has 2 heteroatoms. The van der Waals surface area contributed by atoms with E-state index in [-0.39, 0.29) is 0 Å². The van der Waals surface area contributed by atoms with Gasteiger partial charge >= 0.3 is 0 Å². The molecule has 0 saturated heterocycles. The summed E-state index contributed by atoms with van der Waals surface area (Å²) in [5.74, 6) is 1.05. The summed E-state index contributed by atoms with van der Waals surface area (Å²) in [6.45, 7) is 5.28. The molecule has 1 fully saturated rings. The van der Waals surface area contributed by atoms with Crippen LogP contribution >= 0.6 is 0 Å². The van der Waals surface area contributed by atoms with Gasteiger partial charge in [0, 0.05) is 12.0 Å². The molecular weight excluding hydrogens is 198 g/mol. The van der Waals surface area contributed by atoms with Crippen molar-refractivity contribution in [2.75, 3.05) is 13.2 Å². The predicted molar refractivity (Wildman–Crippen MR) is 64.7 cm³/mol. The van der Waals surface area contributed by atoms with Crippen molar-refractivity contribution in [2.24, 2.45) is 5.41 Å². The van der Waals surface area contributed by atoms with Crippen molar-refractivity contribution in [3.05, 3.63) is 29.3 Å². The van der Waals surface area contributed by atoms with Gasteiger partial charge in [0.2, 0.25) is 0 Å². The van der Waals surface area contributed by atoms with E-state index in [2.05, 4.69) is 30.4 Å². The van der Waals surface area contributed by atoms with Gasteiger partial charge in [0.25, 0.3) is 0 Å². The number of hydrogen-bond donors (Lipinski definition) is 1. The first kappa shape index (κ1) is 10.2. The SMILES string of the molecule is CC1(COc2ccc3c(c2)CCNC3)CC1. The first-order valence-corrected chi connectivity index (χ1v) is 6.21. The summed E-state index contributed by atoms with van der Waals surface area (Å²) in [5, 5.41) is 3.39. The topological polar surface area (TPSA) is 21.3 Å². The molecule has 3 rings (SSSR count). The zero-order valence-corrected chi connectivity index (χ0v) is 9.88. The number of hydrogen-bond acceptors (Lipinski definition) is 2. The fourth-order valence-electron chi connectivity index (χ4n) is 2.16. The third-order valence-corrected chi connectivity index (χ3v) is 3.76. The van der Waals surface area contributed by atoms with E-state index < -0.39 is 0 Å². The van der Waals surface area contributed by atoms with Crippen LogP contribution in [-0.4, -0.2) is 13.2 Å². The van der Waals surface area contributed by atoms with Crippen LogP contribution in [0.5, 0.6) is 5.75 Å². The molecule has 0 bridgehead atoms. The van der Waals surface area contributed by atoms with E-state index >= 15 is 0 Å². The van der Waals surface area contributed by atoms with Crippen LogP contribution in [0.15, 0.2) is 18.2 Å². The van der Waals surface area contributed by atoms with E-state index in [1.54, 1.807) is 0 Å². The lowest BCUT2D eigenvalue weighted by Gasteiger charge is -2.18. The van der Waals surface area contributed by atoms with E-state index in [0.717, 1.165) is 31.9 Å². The molecule has 2 aliphatic rings. The van der Waals surface area contributed by atoms with Crippen molar-refractivity contribution in [1.82, 2.24) is 5.32 Å². The van der Waals surface area contributed by atoms with Gasteiger partial charge in [-0.05, 0) is 49.1 Å². The lowest BCUT2D eigenvalue weighted by atomic mass is 10.0. The summed E-state index contributed by atoms with van der Waals surface area (Å²) >= 11 is 0. The zero-order chi connectivity index (χ0) is 11.0. The molecule has 1 aromatic rings. The first-order chi connectivity index (χ1) is 7.75. The van der Waals surface area contributed by atoms with Gasteiger partial charge in [-0.15, -0.1) is 0 Å². The molecule has 1 heterocycles. The summed E-state index contributed by atoms with van der Waals surface area (Å²) in [4.78, 5) is 0. The maximum absolute atomic E-state index is 5.88. The maximum Gasteiger partial charge on any atom is 0.119 e. The number of benzene rings is 1. The third-order valence-electron chi connectivity index (χ3n) is 3.76. The van der Waals surface area contributed by atoms with Crippen LogP contribution in [0.2, 0.25) is 0 Å². The van der Waals surface area contributed by atoms with Crippen molar-refractivity contribution in [2.45, 2.75) is 32.7 Å². The second-order valence-corrected chi connectivity index (χ2v) is 5.46. The third kappa shape index (κ3) is 2.07. The van der Waals surface area contributed by atoms with Crippen molar-refractivity contribution in [3.63, 3.8) is 0 Å². The molecule has 0 aromatic heterocycles. The van der Waals surface area contributed by atoms with E-state index in [1.165, 1.54) is 24.0 Å². The normalized spacial score (nSPS) is 21.3. The first-order valence-electron chi connectivity index (χ1n) is 6.21. The number of ether oxygens (including phenoxy) is 1. The van der Waals surface area contributed by atoms with Crippen molar-refractivity contribution >= 4 is 0 Å². The highest BCUT2D eigenvalue weighted by molar-refractivity contribution is 5.37. The van der Waals surface area contributed by atoms with E-state index in [0.29, 0.717) is 5.41 Å². The lowest BCUT2D eigenvalue weighted by Crippen LogP contribution is -2.23. The Bertz CT molecular complexity index is 396. The van der Waals surface area contributed by atoms with Gasteiger partial charge in [-0.2, -0.15) is 0 Å². The van der Waals surface area contributed by atoms with Crippen LogP contribution in [-0.2, 0) is 13.0 Å². The second-order valence-electron chi connectivity index (χ2n) is 5.46. The number of fused-ring (bicyclic) bond motifs is 1. The van der Waals surface area contributed by atoms with Gasteiger partial charge in [-0.1, -0.05) is 13.0 Å². The minimum absolute atomic E-state index is 0.470. The van der Waals surface area contributed by atoms with Crippen LogP contribution < -0.4 is 10.1 Å². The van der Waals surface area contributed by atoms with Gasteiger partial charge < -0.3 is 10.1 Å². The average molecular weight is 217 g/mol. The predicted octanol–water partition coefficient (Wildman–Crippen LogP) is 2.51. The summed E-state index contributed by atoms with van der Waals surface area (Å²) in [6.07, 6.45) is 3.77. The Kier molecular flexibility index (Phi) is 2.40. The highest BCUT2D eigenvalue weighted by Gasteiger charge is 2.38. The lowest BCUT2D eigenvalue weighted by molar-refractivity contribution is 0.247. The molecule has 86 valence electrons. The standard InChI is InChI=1S/C14H19NO/c1-14(5-6-14)10-16-13-3-2-12-9-15-7-4-11(12)8-13/h2-3,8,15H,4-7,9-10H2,1H3. The average Bonchev–Trinajstić information content (AvgIpc) is 3.05. The molecule has 0 radical (unpaired) electrons. The second kappa shape index (κ2) is 3.77. The smallest absolute Gasteiger partial charge is 0.119 e. The van der Waals surface area contributed by atoms with Crippen LogP contribution in [0.1, 0.15) is 30.9 Å². The fourth-order valence-corrected chi connectivity index (χ4v) is 2.16. The van der Waals surface area contributed by atoms with Crippen molar-refractivity contribution in [3.8, 4) is 5.75 Å². The minimum Gasteiger partial charge on any atom is -0.493 e. The Balaban J connectivity index is 1.70. The molecule has 2 nitrogen and oxygen atoms in total. The number of nitrogens with one attached hydrogen (secondary N) is 1. The molecule has 0 amide bonds. The highest BCUT2D eigenvalue weighted by Crippen LogP contribution is 2.45. The molecule has 1 saturated carbocycles. The maximum atomic E-state index is 5.88. The molecule has 0 spiro atoms. The zero-order valence-electron chi connectivity index (χ0n) is 9.88. The quantitative estimate of drug-likeness (QED) is 0.840. The van der Waals surface area contributed by atoms with Crippen LogP contribution in [0.3, 0.4) is 0 Å². The molecular formula is C14H19NO. The Morgan fingerprint density at radius 2 is 2.19 bits per heavy atom. The van der Waals surface area contributed by atoms with Gasteiger partial charge in [0.05, 0.1) is 6.61 Å². The van der Waals surface area contributed by atoms with Crippen molar-refractivity contribution < 1.29 is 4.74 Å². The molecule has 0 unspecified atom stereocenters. The monoisotopic (exact) mass is 217 g/mol. The molecule has 1 aromatic carbocycles. The highest BCUT2D eigenvalue weighted by atomic mass is 16.5. The summed E-state index contributed by atoms with van der Waals surface area (Å²) in [7, 11) is 0. The molecule has 1 aliphatic carbocycles. The van der Waals surface area contributed by atoms with E-state index in [9.17, 15) is 0 Å². The largest absolute Gasteiger partial charge is 0.493 e. The van der Waals surface area contributed by atoms with Gasteiger partial charge in [0.1, 0.15) is 5.75 Å². The van der Waals surface area contributed by atoms with Gasteiger partial charge in [0.15, 0.2) is 0 Å². The fraction of sp³-hybridized carbons (Fsp3) is 0.571. The molecule has 16 heavy (non-hydrogen) atoms. The van der Waals surface area contributed by atoms with Gasteiger partial charge in [-0.3, -0.25) is 0 Å². The van der Waals surface area contributed by atoms with Crippen LogP contribution in [0.25, 0.3) is 0 Å². The summed E-state index contributed by atoms with van der Waals surface area (Å²) in [6, 6.07) is 6.53. The van der Waals surface area contributed by atoms with E-state index in [4.69, 9.17) is 4.74 Å². The Hall–Kier alpha value is -1.02. The van der Waals surface area contributed by atoms with E-state index in [1.807, 2.05) is 0 Å². The van der Waals surface area contributed by atoms with Crippen molar-refractivity contribution in [1.29, 1.82) is 0 Å². The number of rotatable bonds is 3. The Morgan fingerprint density at radius 3 is 3.00 bits per heavy atom. The Labute approximate surface area is 97.0 Å². The van der Waals surface area contributed by atoms with Crippen LogP contribution in [0, 0.1) is 5.41 Å². The summed E-state index contributed by atoms with van der Waals surface area (Å²) < 4.78 is 5.88.